The molecule has 0 amide bonds. The van der Waals surface area contributed by atoms with Gasteiger partial charge in [-0.25, -0.2) is 4.79 Å². The van der Waals surface area contributed by atoms with E-state index in [9.17, 15) is 20.1 Å². The molecule has 2 saturated carbocycles. The van der Waals surface area contributed by atoms with Gasteiger partial charge in [-0.1, -0.05) is 13.8 Å². The number of aliphatic hydroxyl groups is 2. The maximum absolute atomic E-state index is 11.4. The second kappa shape index (κ2) is 3.83. The Morgan fingerprint density at radius 2 is 2.11 bits per heavy atom. The third kappa shape index (κ3) is 1.39. The van der Waals surface area contributed by atoms with Gasteiger partial charge in [0, 0.05) is 17.6 Å². The van der Waals surface area contributed by atoms with Crippen molar-refractivity contribution in [2.24, 2.45) is 28.6 Å². The standard InChI is InChI=1S/C15H22O4/c1-14(2)10-6-15(8(7-16)3-4-11(14)15)12(17)5-9(10)13(18)19/h5,8,10-12,16-17H,3-4,6-7H2,1-2H3,(H,18,19)/t8-,10+,11-,12-,15-/m0/s1. The van der Waals surface area contributed by atoms with Gasteiger partial charge in [-0.3, -0.25) is 0 Å². The smallest absolute Gasteiger partial charge is 0.331 e. The number of hydrogen-bond donors (Lipinski definition) is 3. The Balaban J connectivity index is 2.13. The molecule has 4 nitrogen and oxygen atoms in total. The van der Waals surface area contributed by atoms with Crippen LogP contribution in [0.25, 0.3) is 0 Å². The Labute approximate surface area is 113 Å². The van der Waals surface area contributed by atoms with Crippen LogP contribution >= 0.6 is 0 Å². The maximum atomic E-state index is 11.4. The third-order valence-corrected chi connectivity index (χ3v) is 6.30. The first kappa shape index (κ1) is 13.1. The fourth-order valence-electron chi connectivity index (χ4n) is 5.42. The predicted molar refractivity (Wildman–Crippen MR) is 69.3 cm³/mol. The van der Waals surface area contributed by atoms with Crippen LogP contribution in [0, 0.1) is 28.6 Å². The summed E-state index contributed by atoms with van der Waals surface area (Å²) in [5, 5.41) is 29.6. The number of hydrogen-bond acceptors (Lipinski definition) is 3. The van der Waals surface area contributed by atoms with E-state index < -0.39 is 12.1 Å². The number of carbonyl (C=O) groups is 1. The zero-order chi connectivity index (χ0) is 14.0. The molecule has 0 saturated heterocycles. The van der Waals surface area contributed by atoms with Crippen LogP contribution in [0.4, 0.5) is 0 Å². The highest BCUT2D eigenvalue weighted by Gasteiger charge is 2.68. The Kier molecular flexibility index (Phi) is 2.64. The second-order valence-corrected chi connectivity index (χ2v) is 7.07. The molecule has 0 heterocycles. The van der Waals surface area contributed by atoms with Crippen molar-refractivity contribution < 1.29 is 20.1 Å². The lowest BCUT2D eigenvalue weighted by molar-refractivity contribution is -0.134. The third-order valence-electron chi connectivity index (χ3n) is 6.30. The Bertz CT molecular complexity index is 453. The topological polar surface area (TPSA) is 77.8 Å². The molecule has 2 bridgehead atoms. The molecule has 106 valence electrons. The van der Waals surface area contributed by atoms with Gasteiger partial charge in [-0.15, -0.1) is 0 Å². The number of rotatable bonds is 2. The summed E-state index contributed by atoms with van der Waals surface area (Å²) in [7, 11) is 0. The molecule has 1 spiro atoms. The van der Waals surface area contributed by atoms with E-state index in [1.54, 1.807) is 6.08 Å². The molecule has 0 aliphatic heterocycles. The Morgan fingerprint density at radius 3 is 2.68 bits per heavy atom. The van der Waals surface area contributed by atoms with E-state index in [2.05, 4.69) is 13.8 Å². The molecule has 3 N–H and O–H groups in total. The highest BCUT2D eigenvalue weighted by atomic mass is 16.4. The SMILES string of the molecule is CC1(C)[C@@H]2C[C@@]3([C@H](CO)CC[C@@H]13)[C@@H](O)C=C2C(=O)O. The number of carboxylic acid groups (broad SMARTS) is 1. The molecule has 2 fully saturated rings. The summed E-state index contributed by atoms with van der Waals surface area (Å²) in [6, 6.07) is 0. The molecule has 4 heteroatoms. The van der Waals surface area contributed by atoms with Crippen LogP contribution in [0.5, 0.6) is 0 Å². The maximum Gasteiger partial charge on any atom is 0.331 e. The molecule has 0 radical (unpaired) electrons. The van der Waals surface area contributed by atoms with Gasteiger partial charge in [0.2, 0.25) is 0 Å². The first-order valence-electron chi connectivity index (χ1n) is 7.09. The molecular weight excluding hydrogens is 244 g/mol. The van der Waals surface area contributed by atoms with Crippen molar-refractivity contribution in [3.05, 3.63) is 11.6 Å². The fraction of sp³-hybridized carbons (Fsp3) is 0.800. The first-order valence-corrected chi connectivity index (χ1v) is 7.09. The van der Waals surface area contributed by atoms with Crippen LogP contribution in [-0.2, 0) is 4.79 Å². The summed E-state index contributed by atoms with van der Waals surface area (Å²) < 4.78 is 0. The van der Waals surface area contributed by atoms with Crippen molar-refractivity contribution in [3.63, 3.8) is 0 Å². The molecular formula is C15H22O4. The minimum Gasteiger partial charge on any atom is -0.478 e. The molecule has 5 atom stereocenters. The molecule has 3 rings (SSSR count). The van der Waals surface area contributed by atoms with Crippen molar-refractivity contribution in [3.8, 4) is 0 Å². The molecule has 0 unspecified atom stereocenters. The van der Waals surface area contributed by atoms with Crippen molar-refractivity contribution in [2.75, 3.05) is 6.61 Å². The quantitative estimate of drug-likeness (QED) is 0.706. The van der Waals surface area contributed by atoms with Gasteiger partial charge in [0.15, 0.2) is 0 Å². The van der Waals surface area contributed by atoms with E-state index >= 15 is 0 Å². The van der Waals surface area contributed by atoms with E-state index in [-0.39, 0.29) is 29.3 Å². The van der Waals surface area contributed by atoms with Gasteiger partial charge in [-0.05, 0) is 48.5 Å². The summed E-state index contributed by atoms with van der Waals surface area (Å²) in [6.07, 6.45) is 3.43. The average Bonchev–Trinajstić information content (AvgIpc) is 2.79. The minimum absolute atomic E-state index is 0.00671. The van der Waals surface area contributed by atoms with Crippen LogP contribution in [0.3, 0.4) is 0 Å². The summed E-state index contributed by atoms with van der Waals surface area (Å²) in [5.74, 6) is -0.520. The van der Waals surface area contributed by atoms with Gasteiger partial charge in [-0.2, -0.15) is 0 Å². The average molecular weight is 266 g/mol. The fourth-order valence-corrected chi connectivity index (χ4v) is 5.42. The Hall–Kier alpha value is -0.870. The lowest BCUT2D eigenvalue weighted by Crippen LogP contribution is -2.43. The van der Waals surface area contributed by atoms with Gasteiger partial charge in [0.1, 0.15) is 0 Å². The van der Waals surface area contributed by atoms with E-state index in [1.807, 2.05) is 0 Å². The Morgan fingerprint density at radius 1 is 1.42 bits per heavy atom. The molecule has 0 aromatic carbocycles. The summed E-state index contributed by atoms with van der Waals surface area (Å²) in [5.41, 5.74) is -0.0535. The predicted octanol–water partition coefficient (Wildman–Crippen LogP) is 1.42. The van der Waals surface area contributed by atoms with Gasteiger partial charge >= 0.3 is 5.97 Å². The highest BCUT2D eigenvalue weighted by Crippen LogP contribution is 2.71. The summed E-state index contributed by atoms with van der Waals surface area (Å²) in [4.78, 5) is 11.4. The van der Waals surface area contributed by atoms with E-state index in [1.165, 1.54) is 0 Å². The number of carboxylic acids is 1. The minimum atomic E-state index is -0.910. The molecule has 0 aromatic rings. The van der Waals surface area contributed by atoms with Crippen LogP contribution < -0.4 is 0 Å². The summed E-state index contributed by atoms with van der Waals surface area (Å²) >= 11 is 0. The van der Waals surface area contributed by atoms with Crippen molar-refractivity contribution >= 4 is 5.97 Å². The van der Waals surface area contributed by atoms with E-state index in [0.717, 1.165) is 12.8 Å². The molecule has 19 heavy (non-hydrogen) atoms. The normalized spacial score (nSPS) is 46.8. The molecule has 0 aromatic heterocycles. The number of fused-ring (bicyclic) bond motifs is 1. The van der Waals surface area contributed by atoms with Crippen molar-refractivity contribution in [1.82, 2.24) is 0 Å². The van der Waals surface area contributed by atoms with Gasteiger partial charge in [0.25, 0.3) is 0 Å². The van der Waals surface area contributed by atoms with Crippen LogP contribution in [0.2, 0.25) is 0 Å². The monoisotopic (exact) mass is 266 g/mol. The number of aliphatic carboxylic acids is 1. The lowest BCUT2D eigenvalue weighted by atomic mass is 9.66. The van der Waals surface area contributed by atoms with E-state index in [4.69, 9.17) is 0 Å². The lowest BCUT2D eigenvalue weighted by Gasteiger charge is -2.41. The van der Waals surface area contributed by atoms with Crippen LogP contribution in [-0.4, -0.2) is 34.0 Å². The van der Waals surface area contributed by atoms with Gasteiger partial charge in [0.05, 0.1) is 6.10 Å². The molecule has 3 aliphatic carbocycles. The van der Waals surface area contributed by atoms with E-state index in [0.29, 0.717) is 17.9 Å². The van der Waals surface area contributed by atoms with Crippen LogP contribution in [0.1, 0.15) is 33.1 Å². The zero-order valence-electron chi connectivity index (χ0n) is 11.5. The highest BCUT2D eigenvalue weighted by molar-refractivity contribution is 5.88. The van der Waals surface area contributed by atoms with Crippen molar-refractivity contribution in [2.45, 2.75) is 39.2 Å². The molecule has 3 aliphatic rings. The second-order valence-electron chi connectivity index (χ2n) is 7.07. The van der Waals surface area contributed by atoms with Crippen molar-refractivity contribution in [1.29, 1.82) is 0 Å². The largest absolute Gasteiger partial charge is 0.478 e. The van der Waals surface area contributed by atoms with Gasteiger partial charge < -0.3 is 15.3 Å². The van der Waals surface area contributed by atoms with Crippen LogP contribution in [0.15, 0.2) is 11.6 Å². The zero-order valence-corrected chi connectivity index (χ0v) is 11.5. The number of aliphatic hydroxyl groups excluding tert-OH is 2. The summed E-state index contributed by atoms with van der Waals surface area (Å²) in [6.45, 7) is 4.34. The first-order chi connectivity index (χ1) is 8.85.